The first-order valence-electron chi connectivity index (χ1n) is 4.20. The molecule has 0 bridgehead atoms. The summed E-state index contributed by atoms with van der Waals surface area (Å²) in [7, 11) is 0. The van der Waals surface area contributed by atoms with E-state index in [9.17, 15) is 5.11 Å². The lowest BCUT2D eigenvalue weighted by molar-refractivity contribution is -0.672. The van der Waals surface area contributed by atoms with Crippen molar-refractivity contribution in [3.8, 4) is 11.6 Å². The summed E-state index contributed by atoms with van der Waals surface area (Å²) in [5.41, 5.74) is 0.984. The zero-order valence-electron chi connectivity index (χ0n) is 7.68. The number of rotatable bonds is 2. The van der Waals surface area contributed by atoms with Gasteiger partial charge >= 0.3 is 0 Å². The van der Waals surface area contributed by atoms with Crippen molar-refractivity contribution in [1.82, 2.24) is 5.27 Å². The van der Waals surface area contributed by atoms with Gasteiger partial charge in [0, 0.05) is 23.2 Å². The first kappa shape index (κ1) is 9.73. The third kappa shape index (κ3) is 1.71. The van der Waals surface area contributed by atoms with Gasteiger partial charge in [0.05, 0.1) is 5.27 Å². The molecule has 1 heterocycles. The highest BCUT2D eigenvalue weighted by Gasteiger charge is 2.16. The van der Waals surface area contributed by atoms with E-state index in [2.05, 4.69) is 16.4 Å². The summed E-state index contributed by atoms with van der Waals surface area (Å²) in [5.74, 6) is -0.514. The minimum atomic E-state index is -0.514. The molecule has 0 fully saturated rings. The highest BCUT2D eigenvalue weighted by molar-refractivity contribution is 6.30. The van der Waals surface area contributed by atoms with E-state index in [-0.39, 0.29) is 5.69 Å². The van der Waals surface area contributed by atoms with Crippen molar-refractivity contribution < 1.29 is 14.3 Å². The molecule has 0 saturated heterocycles. The Morgan fingerprint density at radius 2 is 2.07 bits per heavy atom. The van der Waals surface area contributed by atoms with Crippen LogP contribution in [0.2, 0.25) is 5.02 Å². The Morgan fingerprint density at radius 1 is 1.40 bits per heavy atom. The molecule has 0 unspecified atom stereocenters. The third-order valence-corrected chi connectivity index (χ3v) is 2.16. The van der Waals surface area contributed by atoms with Crippen LogP contribution in [-0.2, 0) is 0 Å². The molecule has 76 valence electrons. The van der Waals surface area contributed by atoms with E-state index in [1.807, 2.05) is 0 Å². The zero-order chi connectivity index (χ0) is 10.8. The molecule has 0 aliphatic rings. The predicted octanol–water partition coefficient (Wildman–Crippen LogP) is 1.32. The Hall–Kier alpha value is -1.81. The van der Waals surface area contributed by atoms with E-state index in [1.165, 1.54) is 10.8 Å². The molecule has 0 N–H and O–H groups in total. The third-order valence-electron chi connectivity index (χ3n) is 1.91. The second-order valence-electron chi connectivity index (χ2n) is 2.84. The van der Waals surface area contributed by atoms with Crippen molar-refractivity contribution in [3.05, 3.63) is 41.6 Å². The number of halogens is 1. The number of benzene rings is 1. The fraction of sp³-hybridized carbons (Fsp3) is 0. The molecule has 0 atom stereocenters. The molecule has 15 heavy (non-hydrogen) atoms. The second-order valence-corrected chi connectivity index (χ2v) is 3.27. The van der Waals surface area contributed by atoms with Crippen molar-refractivity contribution in [3.63, 3.8) is 0 Å². The maximum absolute atomic E-state index is 11.2. The van der Waals surface area contributed by atoms with Crippen LogP contribution in [0.25, 0.3) is 11.8 Å². The molecule has 0 aliphatic carbocycles. The van der Waals surface area contributed by atoms with Gasteiger partial charge in [0.15, 0.2) is 5.95 Å². The lowest BCUT2D eigenvalue weighted by Crippen LogP contribution is -2.35. The predicted molar refractivity (Wildman–Crippen MR) is 52.6 cm³/mol. The Bertz CT molecular complexity index is 491. The van der Waals surface area contributed by atoms with Crippen molar-refractivity contribution in [2.45, 2.75) is 0 Å². The largest absolute Gasteiger partial charge is 0.539 e. The maximum Gasteiger partial charge on any atom is 0.263 e. The number of hydrogen-bond donors (Lipinski definition) is 0. The normalized spacial score (nSPS) is 10.2. The van der Waals surface area contributed by atoms with Crippen molar-refractivity contribution in [2.75, 3.05) is 0 Å². The average molecular weight is 223 g/mol. The topological polar surface area (TPSA) is 53.0 Å². The average Bonchev–Trinajstić information content (AvgIpc) is 2.61. The summed E-state index contributed by atoms with van der Waals surface area (Å²) in [6.45, 7) is 3.52. The number of nitrogens with zero attached hydrogens (tertiary/aromatic N) is 2. The van der Waals surface area contributed by atoms with Crippen LogP contribution in [0.5, 0.6) is 5.95 Å². The Kier molecular flexibility index (Phi) is 2.43. The van der Waals surface area contributed by atoms with Crippen LogP contribution in [0.4, 0.5) is 0 Å². The molecule has 1 aromatic carbocycles. The lowest BCUT2D eigenvalue weighted by Gasteiger charge is -1.92. The van der Waals surface area contributed by atoms with E-state index in [0.717, 1.165) is 0 Å². The van der Waals surface area contributed by atoms with E-state index < -0.39 is 5.95 Å². The van der Waals surface area contributed by atoms with Crippen molar-refractivity contribution in [2.24, 2.45) is 0 Å². The van der Waals surface area contributed by atoms with Crippen LogP contribution in [0.1, 0.15) is 5.69 Å². The zero-order valence-corrected chi connectivity index (χ0v) is 8.44. The molecule has 0 radical (unpaired) electrons. The number of hydrogen-bond acceptors (Lipinski definition) is 3. The molecule has 0 amide bonds. The highest BCUT2D eigenvalue weighted by atomic mass is 35.5. The molecule has 2 rings (SSSR count). The van der Waals surface area contributed by atoms with Crippen LogP contribution in [0, 0.1) is 0 Å². The Balaban J connectivity index is 2.53. The summed E-state index contributed by atoms with van der Waals surface area (Å²) < 4.78 is 5.89. The molecule has 1 aromatic heterocycles. The molecule has 4 nitrogen and oxygen atoms in total. The monoisotopic (exact) mass is 222 g/mol. The van der Waals surface area contributed by atoms with Gasteiger partial charge in [-0.25, -0.2) is 0 Å². The van der Waals surface area contributed by atoms with Crippen LogP contribution in [0.3, 0.4) is 0 Å². The molecule has 0 aliphatic heterocycles. The summed E-state index contributed by atoms with van der Waals surface area (Å²) in [6, 6.07) is 6.88. The van der Waals surface area contributed by atoms with Gasteiger partial charge in [0.25, 0.3) is 5.69 Å². The van der Waals surface area contributed by atoms with Crippen molar-refractivity contribution >= 4 is 17.7 Å². The number of aromatic nitrogens is 2. The van der Waals surface area contributed by atoms with Crippen molar-refractivity contribution in [1.29, 1.82) is 0 Å². The standard InChI is InChI=1S/C10H7ClN2O2/c1-2-9-10(14)15-12-13(9)8-5-3-7(11)4-6-8/h2-6H,1H2. The van der Waals surface area contributed by atoms with Crippen LogP contribution in [0.15, 0.2) is 35.4 Å². The fourth-order valence-electron chi connectivity index (χ4n) is 1.19. The van der Waals surface area contributed by atoms with Gasteiger partial charge in [-0.3, -0.25) is 0 Å². The molecule has 0 saturated carbocycles. The first-order valence-corrected chi connectivity index (χ1v) is 4.57. The van der Waals surface area contributed by atoms with Gasteiger partial charge in [0.2, 0.25) is 5.69 Å². The summed E-state index contributed by atoms with van der Waals surface area (Å²) in [5, 5.41) is 15.4. The van der Waals surface area contributed by atoms with Crippen LogP contribution >= 0.6 is 11.6 Å². The first-order chi connectivity index (χ1) is 7.22. The van der Waals surface area contributed by atoms with Gasteiger partial charge in [-0.15, -0.1) is 0 Å². The Morgan fingerprint density at radius 3 is 2.67 bits per heavy atom. The summed E-state index contributed by atoms with van der Waals surface area (Å²) >= 11 is 5.74. The van der Waals surface area contributed by atoms with Crippen LogP contribution < -0.4 is 9.79 Å². The van der Waals surface area contributed by atoms with Gasteiger partial charge in [-0.05, 0) is 16.8 Å². The minimum Gasteiger partial charge on any atom is -0.539 e. The summed E-state index contributed by atoms with van der Waals surface area (Å²) in [4.78, 5) is 0. The maximum atomic E-state index is 11.2. The second kappa shape index (κ2) is 3.74. The molecular weight excluding hydrogens is 216 g/mol. The van der Waals surface area contributed by atoms with Gasteiger partial charge in [0.1, 0.15) is 0 Å². The minimum absolute atomic E-state index is 0.289. The molecule has 0 spiro atoms. The van der Waals surface area contributed by atoms with Gasteiger partial charge in [-0.1, -0.05) is 18.2 Å². The highest BCUT2D eigenvalue weighted by Crippen LogP contribution is 2.13. The smallest absolute Gasteiger partial charge is 0.263 e. The molecule has 5 heteroatoms. The molecule has 2 aromatic rings. The fourth-order valence-corrected chi connectivity index (χ4v) is 1.32. The van der Waals surface area contributed by atoms with E-state index in [1.54, 1.807) is 24.3 Å². The SMILES string of the molecule is C=Cc1c([O-])on[n+]1-c1ccc(Cl)cc1. The summed E-state index contributed by atoms with van der Waals surface area (Å²) in [6.07, 6.45) is 1.40. The lowest BCUT2D eigenvalue weighted by atomic mass is 10.3. The van der Waals surface area contributed by atoms with E-state index >= 15 is 0 Å². The quantitative estimate of drug-likeness (QED) is 0.721. The van der Waals surface area contributed by atoms with Crippen LogP contribution in [-0.4, -0.2) is 5.27 Å². The molecular formula is C10H7ClN2O2. The van der Waals surface area contributed by atoms with E-state index in [0.29, 0.717) is 10.7 Å². The van der Waals surface area contributed by atoms with Gasteiger partial charge in [-0.2, -0.15) is 0 Å². The van der Waals surface area contributed by atoms with E-state index in [4.69, 9.17) is 11.6 Å². The van der Waals surface area contributed by atoms with Gasteiger partial charge < -0.3 is 9.63 Å². The Labute approximate surface area is 91.0 Å².